The van der Waals surface area contributed by atoms with E-state index in [0.29, 0.717) is 23.0 Å². The molecule has 0 spiro atoms. The van der Waals surface area contributed by atoms with Crippen molar-refractivity contribution in [3.8, 4) is 0 Å². The van der Waals surface area contributed by atoms with Gasteiger partial charge in [0.1, 0.15) is 0 Å². The minimum Gasteiger partial charge on any atom is -0.359 e. The maximum atomic E-state index is 5.24. The second-order valence-corrected chi connectivity index (χ2v) is 4.80. The summed E-state index contributed by atoms with van der Waals surface area (Å²) in [6.07, 6.45) is 4.58. The topological polar surface area (TPSA) is 52.7 Å². The molecule has 0 saturated heterocycles. The lowest BCUT2D eigenvalue weighted by Gasteiger charge is -2.08. The van der Waals surface area contributed by atoms with Crippen LogP contribution in [0.5, 0.6) is 0 Å². The van der Waals surface area contributed by atoms with E-state index in [1.54, 1.807) is 12.4 Å². The van der Waals surface area contributed by atoms with E-state index in [0.717, 1.165) is 6.42 Å². The number of H-pyrrole nitrogens is 1. The lowest BCUT2D eigenvalue weighted by molar-refractivity contribution is 0.876. The molecule has 1 aliphatic carbocycles. The Balaban J connectivity index is 1.52. The molecule has 0 amide bonds. The third kappa shape index (κ3) is 2.51. The number of rotatable bonds is 3. The number of anilines is 1. The molecule has 2 atom stereocenters. The molecule has 1 aliphatic rings. The van der Waals surface area contributed by atoms with E-state index in [1.165, 1.54) is 5.56 Å². The SMILES string of the molecule is S=C(Nc1ncc[nH]1)NC1CC1c1ccccc1. The van der Waals surface area contributed by atoms with Crippen molar-refractivity contribution in [2.75, 3.05) is 5.32 Å². The van der Waals surface area contributed by atoms with Crippen molar-refractivity contribution in [2.24, 2.45) is 0 Å². The van der Waals surface area contributed by atoms with Crippen LogP contribution in [0.15, 0.2) is 42.7 Å². The van der Waals surface area contributed by atoms with Crippen LogP contribution in [0.1, 0.15) is 17.9 Å². The second-order valence-electron chi connectivity index (χ2n) is 4.40. The lowest BCUT2D eigenvalue weighted by Crippen LogP contribution is -2.31. The Morgan fingerprint density at radius 3 is 2.89 bits per heavy atom. The molecule has 1 saturated carbocycles. The highest BCUT2D eigenvalue weighted by molar-refractivity contribution is 7.80. The van der Waals surface area contributed by atoms with Crippen molar-refractivity contribution >= 4 is 23.3 Å². The van der Waals surface area contributed by atoms with Gasteiger partial charge in [0.15, 0.2) is 5.11 Å². The highest BCUT2D eigenvalue weighted by atomic mass is 32.1. The van der Waals surface area contributed by atoms with Gasteiger partial charge in [-0.3, -0.25) is 0 Å². The van der Waals surface area contributed by atoms with Gasteiger partial charge in [-0.25, -0.2) is 4.98 Å². The lowest BCUT2D eigenvalue weighted by atomic mass is 10.1. The molecular formula is C13H14N4S. The van der Waals surface area contributed by atoms with Crippen LogP contribution in [0.4, 0.5) is 5.95 Å². The molecule has 2 unspecified atom stereocenters. The maximum Gasteiger partial charge on any atom is 0.206 e. The standard InChI is InChI=1S/C13H14N4S/c18-13(17-12-14-6-7-15-12)16-11-8-10(11)9-4-2-1-3-5-9/h1-7,10-11H,8H2,(H3,14,15,16,17,18). The van der Waals surface area contributed by atoms with Crippen molar-refractivity contribution < 1.29 is 0 Å². The Morgan fingerprint density at radius 1 is 1.33 bits per heavy atom. The summed E-state index contributed by atoms with van der Waals surface area (Å²) in [5.74, 6) is 1.24. The van der Waals surface area contributed by atoms with Gasteiger partial charge in [-0.1, -0.05) is 30.3 Å². The molecule has 0 aliphatic heterocycles. The zero-order valence-corrected chi connectivity index (χ0v) is 10.6. The van der Waals surface area contributed by atoms with Gasteiger partial charge in [0, 0.05) is 24.4 Å². The van der Waals surface area contributed by atoms with E-state index in [4.69, 9.17) is 12.2 Å². The average Bonchev–Trinajstić information content (AvgIpc) is 2.95. The van der Waals surface area contributed by atoms with Gasteiger partial charge in [-0.2, -0.15) is 0 Å². The van der Waals surface area contributed by atoms with Crippen LogP contribution in [0, 0.1) is 0 Å². The first-order valence-corrected chi connectivity index (χ1v) is 6.35. The van der Waals surface area contributed by atoms with Gasteiger partial charge in [0.25, 0.3) is 0 Å². The van der Waals surface area contributed by atoms with Crippen molar-refractivity contribution in [1.82, 2.24) is 15.3 Å². The van der Waals surface area contributed by atoms with Gasteiger partial charge < -0.3 is 15.6 Å². The Kier molecular flexibility index (Phi) is 2.98. The summed E-state index contributed by atoms with van der Waals surface area (Å²) in [6, 6.07) is 10.9. The number of nitrogens with one attached hydrogen (secondary N) is 3. The molecule has 2 aromatic rings. The molecule has 1 aromatic carbocycles. The molecule has 1 heterocycles. The molecule has 1 fully saturated rings. The second kappa shape index (κ2) is 4.78. The Labute approximate surface area is 111 Å². The van der Waals surface area contributed by atoms with Crippen LogP contribution in [-0.4, -0.2) is 21.1 Å². The number of imidazole rings is 1. The van der Waals surface area contributed by atoms with Crippen LogP contribution in [0.25, 0.3) is 0 Å². The predicted molar refractivity (Wildman–Crippen MR) is 75.5 cm³/mol. The monoisotopic (exact) mass is 258 g/mol. The highest BCUT2D eigenvalue weighted by Gasteiger charge is 2.38. The first-order valence-electron chi connectivity index (χ1n) is 5.95. The van der Waals surface area contributed by atoms with Crippen molar-refractivity contribution in [3.05, 3.63) is 48.3 Å². The summed E-state index contributed by atoms with van der Waals surface area (Å²) in [4.78, 5) is 7.02. The van der Waals surface area contributed by atoms with Crippen LogP contribution in [-0.2, 0) is 0 Å². The molecule has 1 aromatic heterocycles. The van der Waals surface area contributed by atoms with Crippen molar-refractivity contribution in [3.63, 3.8) is 0 Å². The van der Waals surface area contributed by atoms with E-state index in [9.17, 15) is 0 Å². The van der Waals surface area contributed by atoms with E-state index in [-0.39, 0.29) is 0 Å². The average molecular weight is 258 g/mol. The van der Waals surface area contributed by atoms with Crippen LogP contribution in [0.2, 0.25) is 0 Å². The molecule has 0 bridgehead atoms. The van der Waals surface area contributed by atoms with E-state index < -0.39 is 0 Å². The number of hydrogen-bond donors (Lipinski definition) is 3. The number of benzene rings is 1. The number of thiocarbonyl (C=S) groups is 1. The zero-order valence-electron chi connectivity index (χ0n) is 9.76. The minimum absolute atomic E-state index is 0.433. The van der Waals surface area contributed by atoms with Gasteiger partial charge in [0.2, 0.25) is 5.95 Å². The molecule has 0 radical (unpaired) electrons. The van der Waals surface area contributed by atoms with Gasteiger partial charge in [-0.05, 0) is 24.2 Å². The Bertz CT molecular complexity index is 523. The van der Waals surface area contributed by atoms with Gasteiger partial charge in [0.05, 0.1) is 0 Å². The van der Waals surface area contributed by atoms with E-state index >= 15 is 0 Å². The fourth-order valence-electron chi connectivity index (χ4n) is 2.07. The van der Waals surface area contributed by atoms with Crippen LogP contribution in [0.3, 0.4) is 0 Å². The molecule has 18 heavy (non-hydrogen) atoms. The van der Waals surface area contributed by atoms with E-state index in [1.807, 2.05) is 6.07 Å². The summed E-state index contributed by atoms with van der Waals surface area (Å²) in [6.45, 7) is 0. The Morgan fingerprint density at radius 2 is 2.17 bits per heavy atom. The van der Waals surface area contributed by atoms with E-state index in [2.05, 4.69) is 44.9 Å². The summed E-state index contributed by atoms with van der Waals surface area (Å²) >= 11 is 5.24. The molecule has 4 nitrogen and oxygen atoms in total. The molecule has 5 heteroatoms. The summed E-state index contributed by atoms with van der Waals surface area (Å²) in [5, 5.41) is 6.94. The first kappa shape index (κ1) is 11.2. The predicted octanol–water partition coefficient (Wildman–Crippen LogP) is 2.25. The maximum absolute atomic E-state index is 5.24. The molecule has 3 rings (SSSR count). The summed E-state index contributed by atoms with van der Waals surface area (Å²) < 4.78 is 0. The highest BCUT2D eigenvalue weighted by Crippen LogP contribution is 2.40. The Hall–Kier alpha value is -1.88. The van der Waals surface area contributed by atoms with Crippen molar-refractivity contribution in [1.29, 1.82) is 0 Å². The summed E-state index contributed by atoms with van der Waals surface area (Å²) in [7, 11) is 0. The number of nitrogens with zero attached hydrogens (tertiary/aromatic N) is 1. The third-order valence-corrected chi connectivity index (χ3v) is 3.28. The molecule has 3 N–H and O–H groups in total. The van der Waals surface area contributed by atoms with Crippen LogP contribution < -0.4 is 10.6 Å². The minimum atomic E-state index is 0.433. The third-order valence-electron chi connectivity index (χ3n) is 3.06. The molecular weight excluding hydrogens is 244 g/mol. The number of aromatic amines is 1. The number of aromatic nitrogens is 2. The van der Waals surface area contributed by atoms with Crippen molar-refractivity contribution in [2.45, 2.75) is 18.4 Å². The fourth-order valence-corrected chi connectivity index (χ4v) is 2.32. The van der Waals surface area contributed by atoms with Gasteiger partial charge in [-0.15, -0.1) is 0 Å². The number of hydrogen-bond acceptors (Lipinski definition) is 2. The smallest absolute Gasteiger partial charge is 0.206 e. The normalized spacial score (nSPS) is 21.3. The van der Waals surface area contributed by atoms with Gasteiger partial charge >= 0.3 is 0 Å². The largest absolute Gasteiger partial charge is 0.359 e. The fraction of sp³-hybridized carbons (Fsp3) is 0.231. The first-order chi connectivity index (χ1) is 8.83. The molecule has 92 valence electrons. The van der Waals surface area contributed by atoms with Crippen LogP contribution >= 0.6 is 12.2 Å². The zero-order chi connectivity index (χ0) is 12.4. The summed E-state index contributed by atoms with van der Waals surface area (Å²) in [5.41, 5.74) is 1.37. The quantitative estimate of drug-likeness (QED) is 0.739.